The van der Waals surface area contributed by atoms with Crippen molar-refractivity contribution in [3.05, 3.63) is 0 Å². The maximum atomic E-state index is 11.3. The number of carbonyl (C=O) groups excluding carboxylic acids is 2. The molecule has 2 heteroatoms. The quantitative estimate of drug-likeness (QED) is 0.669. The highest BCUT2D eigenvalue weighted by Gasteiger charge is 2.20. The van der Waals surface area contributed by atoms with Gasteiger partial charge >= 0.3 is 0 Å². The van der Waals surface area contributed by atoms with Crippen molar-refractivity contribution in [2.24, 2.45) is 5.92 Å². The van der Waals surface area contributed by atoms with Gasteiger partial charge in [-0.05, 0) is 25.2 Å². The second-order valence-electron chi connectivity index (χ2n) is 3.97. The van der Waals surface area contributed by atoms with E-state index in [0.717, 1.165) is 19.3 Å². The molecule has 0 bridgehead atoms. The van der Waals surface area contributed by atoms with E-state index < -0.39 is 0 Å². The van der Waals surface area contributed by atoms with Gasteiger partial charge in [0.1, 0.15) is 11.6 Å². The number of ketones is 2. The van der Waals surface area contributed by atoms with Crippen LogP contribution in [0.4, 0.5) is 0 Å². The van der Waals surface area contributed by atoms with Crippen LogP contribution in [0, 0.1) is 5.92 Å². The summed E-state index contributed by atoms with van der Waals surface area (Å²) in [7, 11) is 0. The average Bonchev–Trinajstić information content (AvgIpc) is 2.09. The number of Topliss-reactive ketones (excluding diaryl/α,β-unsaturated/α-hetero) is 2. The van der Waals surface area contributed by atoms with Crippen molar-refractivity contribution in [3.8, 4) is 0 Å². The Morgan fingerprint density at radius 1 is 1.38 bits per heavy atom. The van der Waals surface area contributed by atoms with Crippen molar-refractivity contribution in [1.82, 2.24) is 0 Å². The maximum absolute atomic E-state index is 11.3. The van der Waals surface area contributed by atoms with Gasteiger partial charge in [0.25, 0.3) is 0 Å². The van der Waals surface area contributed by atoms with Gasteiger partial charge in [-0.2, -0.15) is 0 Å². The third-order valence-electron chi connectivity index (χ3n) is 2.71. The van der Waals surface area contributed by atoms with Crippen LogP contribution in [0.25, 0.3) is 0 Å². The summed E-state index contributed by atoms with van der Waals surface area (Å²) in [5.41, 5.74) is 0. The highest BCUT2D eigenvalue weighted by Crippen LogP contribution is 2.24. The molecule has 74 valence electrons. The first kappa shape index (κ1) is 10.4. The predicted molar refractivity (Wildman–Crippen MR) is 51.5 cm³/mol. The lowest BCUT2D eigenvalue weighted by atomic mass is 9.84. The maximum Gasteiger partial charge on any atom is 0.133 e. The molecular weight excluding hydrogens is 164 g/mol. The minimum Gasteiger partial charge on any atom is -0.300 e. The second-order valence-corrected chi connectivity index (χ2v) is 3.97. The summed E-state index contributed by atoms with van der Waals surface area (Å²) in [6, 6.07) is 0. The zero-order chi connectivity index (χ0) is 9.68. The van der Waals surface area contributed by atoms with Gasteiger partial charge in [0, 0.05) is 25.7 Å². The fourth-order valence-corrected chi connectivity index (χ4v) is 1.91. The number of hydrogen-bond acceptors (Lipinski definition) is 2. The Bertz CT molecular complexity index is 186. The standard InChI is InChI=1S/C11H18O2/c1-2-3-11(13)8-9-4-6-10(12)7-5-9/h9H,2-8H2,1H3. The molecule has 0 atom stereocenters. The molecule has 0 aliphatic heterocycles. The van der Waals surface area contributed by atoms with Crippen LogP contribution in [0.5, 0.6) is 0 Å². The normalized spacial score (nSPS) is 19.0. The fraction of sp³-hybridized carbons (Fsp3) is 0.818. The number of hydrogen-bond donors (Lipinski definition) is 0. The molecule has 1 aliphatic carbocycles. The summed E-state index contributed by atoms with van der Waals surface area (Å²) >= 11 is 0. The lowest BCUT2D eigenvalue weighted by Gasteiger charge is -2.19. The smallest absolute Gasteiger partial charge is 0.133 e. The molecule has 0 spiro atoms. The summed E-state index contributed by atoms with van der Waals surface area (Å²) < 4.78 is 0. The molecular formula is C11H18O2. The first-order valence-corrected chi connectivity index (χ1v) is 5.25. The minimum atomic E-state index is 0.374. The molecule has 1 saturated carbocycles. The highest BCUT2D eigenvalue weighted by molar-refractivity contribution is 5.81. The highest BCUT2D eigenvalue weighted by atomic mass is 16.1. The largest absolute Gasteiger partial charge is 0.300 e. The van der Waals surface area contributed by atoms with E-state index in [1.807, 2.05) is 6.92 Å². The zero-order valence-corrected chi connectivity index (χ0v) is 8.34. The molecule has 2 nitrogen and oxygen atoms in total. The Labute approximate surface area is 79.7 Å². The molecule has 0 unspecified atom stereocenters. The van der Waals surface area contributed by atoms with Crippen LogP contribution in [0.3, 0.4) is 0 Å². The molecule has 13 heavy (non-hydrogen) atoms. The molecule has 0 amide bonds. The molecule has 0 aromatic rings. The van der Waals surface area contributed by atoms with Gasteiger partial charge in [0.15, 0.2) is 0 Å². The van der Waals surface area contributed by atoms with Crippen LogP contribution < -0.4 is 0 Å². The van der Waals surface area contributed by atoms with Gasteiger partial charge in [-0.25, -0.2) is 0 Å². The van der Waals surface area contributed by atoms with E-state index in [2.05, 4.69) is 0 Å². The lowest BCUT2D eigenvalue weighted by molar-refractivity contribution is -0.124. The minimum absolute atomic E-state index is 0.374. The molecule has 1 rings (SSSR count). The van der Waals surface area contributed by atoms with Crippen LogP contribution in [0.1, 0.15) is 51.9 Å². The van der Waals surface area contributed by atoms with E-state index in [4.69, 9.17) is 0 Å². The van der Waals surface area contributed by atoms with Crippen LogP contribution >= 0.6 is 0 Å². The average molecular weight is 182 g/mol. The van der Waals surface area contributed by atoms with Gasteiger partial charge in [0.2, 0.25) is 0 Å². The van der Waals surface area contributed by atoms with E-state index in [0.29, 0.717) is 43.2 Å². The summed E-state index contributed by atoms with van der Waals surface area (Å²) in [4.78, 5) is 22.2. The molecule has 0 saturated heterocycles. The van der Waals surface area contributed by atoms with Crippen LogP contribution in [0.2, 0.25) is 0 Å². The fourth-order valence-electron chi connectivity index (χ4n) is 1.91. The van der Waals surface area contributed by atoms with E-state index >= 15 is 0 Å². The van der Waals surface area contributed by atoms with Crippen molar-refractivity contribution in [2.75, 3.05) is 0 Å². The first-order chi connectivity index (χ1) is 6.22. The van der Waals surface area contributed by atoms with E-state index in [1.165, 1.54) is 0 Å². The van der Waals surface area contributed by atoms with Crippen LogP contribution in [-0.4, -0.2) is 11.6 Å². The van der Waals surface area contributed by atoms with Crippen molar-refractivity contribution < 1.29 is 9.59 Å². The third kappa shape index (κ3) is 3.71. The van der Waals surface area contributed by atoms with E-state index in [1.54, 1.807) is 0 Å². The zero-order valence-electron chi connectivity index (χ0n) is 8.34. The monoisotopic (exact) mass is 182 g/mol. The van der Waals surface area contributed by atoms with E-state index in [-0.39, 0.29) is 0 Å². The molecule has 0 heterocycles. The first-order valence-electron chi connectivity index (χ1n) is 5.25. The third-order valence-corrected chi connectivity index (χ3v) is 2.71. The van der Waals surface area contributed by atoms with Gasteiger partial charge < -0.3 is 0 Å². The molecule has 0 aromatic heterocycles. The molecule has 0 aromatic carbocycles. The molecule has 1 aliphatic rings. The summed E-state index contributed by atoms with van der Waals surface area (Å²) in [5.74, 6) is 1.25. The van der Waals surface area contributed by atoms with Gasteiger partial charge in [0.05, 0.1) is 0 Å². The van der Waals surface area contributed by atoms with Crippen molar-refractivity contribution in [1.29, 1.82) is 0 Å². The Hall–Kier alpha value is -0.660. The Morgan fingerprint density at radius 2 is 2.00 bits per heavy atom. The van der Waals surface area contributed by atoms with E-state index in [9.17, 15) is 9.59 Å². The van der Waals surface area contributed by atoms with Gasteiger partial charge in [-0.3, -0.25) is 9.59 Å². The topological polar surface area (TPSA) is 34.1 Å². The van der Waals surface area contributed by atoms with Crippen LogP contribution in [-0.2, 0) is 9.59 Å². The molecule has 0 radical (unpaired) electrons. The summed E-state index contributed by atoms with van der Waals surface area (Å²) in [6.45, 7) is 2.03. The Kier molecular flexibility index (Phi) is 4.13. The summed E-state index contributed by atoms with van der Waals surface area (Å²) in [6.07, 6.45) is 5.65. The van der Waals surface area contributed by atoms with Crippen molar-refractivity contribution in [3.63, 3.8) is 0 Å². The Balaban J connectivity index is 2.22. The lowest BCUT2D eigenvalue weighted by Crippen LogP contribution is -2.16. The summed E-state index contributed by atoms with van der Waals surface area (Å²) in [5, 5.41) is 0. The molecule has 0 N–H and O–H groups in total. The number of rotatable bonds is 4. The number of carbonyl (C=O) groups is 2. The van der Waals surface area contributed by atoms with Crippen LogP contribution in [0.15, 0.2) is 0 Å². The molecule has 1 fully saturated rings. The predicted octanol–water partition coefficient (Wildman–Crippen LogP) is 2.51. The van der Waals surface area contributed by atoms with Crippen molar-refractivity contribution >= 4 is 11.6 Å². The Morgan fingerprint density at radius 3 is 2.54 bits per heavy atom. The van der Waals surface area contributed by atoms with Crippen molar-refractivity contribution in [2.45, 2.75) is 51.9 Å². The SMILES string of the molecule is CCCC(=O)CC1CCC(=O)CC1. The second kappa shape index (κ2) is 5.15. The van der Waals surface area contributed by atoms with Gasteiger partial charge in [-0.1, -0.05) is 6.92 Å². The van der Waals surface area contributed by atoms with Gasteiger partial charge in [-0.15, -0.1) is 0 Å².